The van der Waals surface area contributed by atoms with Crippen molar-refractivity contribution < 1.29 is 13.2 Å². The van der Waals surface area contributed by atoms with E-state index in [1.165, 1.54) is 0 Å². The first-order valence-corrected chi connectivity index (χ1v) is 5.37. The molecule has 2 N–H and O–H groups in total. The molecule has 1 aromatic heterocycles. The van der Waals surface area contributed by atoms with Crippen LogP contribution in [0.1, 0.15) is 12.1 Å². The molecule has 0 fully saturated rings. The molecule has 0 atom stereocenters. The summed E-state index contributed by atoms with van der Waals surface area (Å²) >= 11 is 0. The van der Waals surface area contributed by atoms with Crippen LogP contribution in [0.3, 0.4) is 0 Å². The van der Waals surface area contributed by atoms with Crippen molar-refractivity contribution in [2.75, 3.05) is 20.1 Å². The molecule has 0 aliphatic carbocycles. The Bertz CT molecular complexity index is 335. The van der Waals surface area contributed by atoms with Gasteiger partial charge in [-0.05, 0) is 7.05 Å². The number of halogens is 3. The van der Waals surface area contributed by atoms with E-state index in [2.05, 4.69) is 4.98 Å². The van der Waals surface area contributed by atoms with Crippen LogP contribution >= 0.6 is 0 Å². The lowest BCUT2D eigenvalue weighted by Gasteiger charge is -2.16. The zero-order chi connectivity index (χ0) is 12.9. The Morgan fingerprint density at radius 3 is 2.76 bits per heavy atom. The summed E-state index contributed by atoms with van der Waals surface area (Å²) in [7, 11) is 1.65. The second-order valence-corrected chi connectivity index (χ2v) is 3.99. The summed E-state index contributed by atoms with van der Waals surface area (Å²) in [4.78, 5) is 5.70. The van der Waals surface area contributed by atoms with Gasteiger partial charge in [0.1, 0.15) is 0 Å². The molecular formula is C10H17F3N4. The van der Waals surface area contributed by atoms with Crippen molar-refractivity contribution in [2.45, 2.75) is 25.7 Å². The Balaban J connectivity index is 2.36. The average molecular weight is 250 g/mol. The Labute approximate surface area is 98.2 Å². The molecule has 0 radical (unpaired) electrons. The smallest absolute Gasteiger partial charge is 0.336 e. The van der Waals surface area contributed by atoms with Crippen LogP contribution in [0.25, 0.3) is 0 Å². The number of nitrogens with zero attached hydrogens (tertiary/aromatic N) is 3. The van der Waals surface area contributed by atoms with Gasteiger partial charge in [0.05, 0.1) is 18.4 Å². The van der Waals surface area contributed by atoms with Gasteiger partial charge in [0.25, 0.3) is 0 Å². The Morgan fingerprint density at radius 1 is 1.47 bits per heavy atom. The summed E-state index contributed by atoms with van der Waals surface area (Å²) in [6, 6.07) is 0. The summed E-state index contributed by atoms with van der Waals surface area (Å²) in [5, 5.41) is 0. The van der Waals surface area contributed by atoms with Crippen LogP contribution in [-0.2, 0) is 13.1 Å². The lowest BCUT2D eigenvalue weighted by atomic mass is 10.3. The highest BCUT2D eigenvalue weighted by Gasteiger charge is 2.27. The van der Waals surface area contributed by atoms with Gasteiger partial charge in [-0.1, -0.05) is 0 Å². The molecule has 0 aromatic carbocycles. The zero-order valence-corrected chi connectivity index (χ0v) is 9.74. The van der Waals surface area contributed by atoms with E-state index in [1.54, 1.807) is 24.5 Å². The lowest BCUT2D eigenvalue weighted by molar-refractivity contribution is -0.137. The monoisotopic (exact) mass is 250 g/mol. The molecule has 1 heterocycles. The van der Waals surface area contributed by atoms with E-state index in [4.69, 9.17) is 5.73 Å². The van der Waals surface area contributed by atoms with Crippen molar-refractivity contribution in [3.8, 4) is 0 Å². The van der Waals surface area contributed by atoms with E-state index in [9.17, 15) is 13.2 Å². The molecule has 17 heavy (non-hydrogen) atoms. The second-order valence-electron chi connectivity index (χ2n) is 3.99. The molecule has 0 bridgehead atoms. The summed E-state index contributed by atoms with van der Waals surface area (Å²) in [5.74, 6) is 0. The van der Waals surface area contributed by atoms with Gasteiger partial charge in [0.2, 0.25) is 0 Å². The minimum Gasteiger partial charge on any atom is -0.336 e. The molecule has 0 unspecified atom stereocenters. The first-order valence-electron chi connectivity index (χ1n) is 5.37. The highest BCUT2D eigenvalue weighted by atomic mass is 19.4. The van der Waals surface area contributed by atoms with Gasteiger partial charge in [-0.2, -0.15) is 13.2 Å². The van der Waals surface area contributed by atoms with Gasteiger partial charge in [0, 0.05) is 32.4 Å². The van der Waals surface area contributed by atoms with E-state index >= 15 is 0 Å². The van der Waals surface area contributed by atoms with Gasteiger partial charge in [0.15, 0.2) is 0 Å². The van der Waals surface area contributed by atoms with Crippen molar-refractivity contribution in [2.24, 2.45) is 5.73 Å². The fourth-order valence-corrected chi connectivity index (χ4v) is 1.43. The van der Waals surface area contributed by atoms with Crippen LogP contribution in [0.5, 0.6) is 0 Å². The molecule has 1 aromatic rings. The van der Waals surface area contributed by atoms with Gasteiger partial charge < -0.3 is 15.2 Å². The molecule has 7 heteroatoms. The zero-order valence-electron chi connectivity index (χ0n) is 9.74. The van der Waals surface area contributed by atoms with Crippen LogP contribution in [0.15, 0.2) is 12.5 Å². The van der Waals surface area contributed by atoms with Crippen LogP contribution in [-0.4, -0.2) is 40.8 Å². The maximum atomic E-state index is 12.0. The van der Waals surface area contributed by atoms with Crippen molar-refractivity contribution in [3.05, 3.63) is 18.2 Å². The predicted octanol–water partition coefficient (Wildman–Crippen LogP) is 1.23. The minimum atomic E-state index is -4.10. The molecule has 0 amide bonds. The van der Waals surface area contributed by atoms with E-state index in [0.717, 1.165) is 5.69 Å². The summed E-state index contributed by atoms with van der Waals surface area (Å²) in [6.07, 6.45) is -1.46. The van der Waals surface area contributed by atoms with Crippen molar-refractivity contribution in [3.63, 3.8) is 0 Å². The molecule has 0 spiro atoms. The minimum absolute atomic E-state index is 0.0206. The van der Waals surface area contributed by atoms with Crippen molar-refractivity contribution >= 4 is 0 Å². The van der Waals surface area contributed by atoms with Crippen molar-refractivity contribution in [1.29, 1.82) is 0 Å². The number of rotatable bonds is 6. The van der Waals surface area contributed by atoms with E-state index in [-0.39, 0.29) is 6.54 Å². The Hall–Kier alpha value is -1.08. The molecule has 0 aliphatic rings. The number of hydrogen-bond acceptors (Lipinski definition) is 3. The first-order chi connectivity index (χ1) is 7.90. The quantitative estimate of drug-likeness (QED) is 0.826. The third kappa shape index (κ3) is 5.69. The average Bonchev–Trinajstić information content (AvgIpc) is 2.62. The van der Waals surface area contributed by atoms with E-state index in [1.807, 2.05) is 4.57 Å². The maximum absolute atomic E-state index is 12.0. The highest BCUT2D eigenvalue weighted by Crippen LogP contribution is 2.19. The second kappa shape index (κ2) is 6.02. The number of nitrogens with two attached hydrogens (primary N) is 1. The number of imidazole rings is 1. The summed E-state index contributed by atoms with van der Waals surface area (Å²) in [5.41, 5.74) is 6.14. The number of hydrogen-bond donors (Lipinski definition) is 1. The first kappa shape index (κ1) is 14.0. The Morgan fingerprint density at radius 2 is 2.18 bits per heavy atom. The SMILES string of the molecule is CN(CCC(F)(F)F)Cc1cn(CCN)cn1. The molecular weight excluding hydrogens is 233 g/mol. The summed E-state index contributed by atoms with van der Waals surface area (Å²) in [6.45, 7) is 1.57. The third-order valence-corrected chi connectivity index (χ3v) is 2.28. The van der Waals surface area contributed by atoms with E-state index < -0.39 is 12.6 Å². The van der Waals surface area contributed by atoms with Crippen LogP contribution in [0.4, 0.5) is 13.2 Å². The van der Waals surface area contributed by atoms with Crippen molar-refractivity contribution in [1.82, 2.24) is 14.5 Å². The fraction of sp³-hybridized carbons (Fsp3) is 0.700. The molecule has 4 nitrogen and oxygen atoms in total. The maximum Gasteiger partial charge on any atom is 0.390 e. The number of alkyl halides is 3. The van der Waals surface area contributed by atoms with E-state index in [0.29, 0.717) is 19.6 Å². The molecule has 1 rings (SSSR count). The van der Waals surface area contributed by atoms with Crippen LogP contribution in [0, 0.1) is 0 Å². The normalized spacial score (nSPS) is 12.4. The fourth-order valence-electron chi connectivity index (χ4n) is 1.43. The molecule has 0 saturated heterocycles. The third-order valence-electron chi connectivity index (χ3n) is 2.28. The van der Waals surface area contributed by atoms with Gasteiger partial charge in [-0.3, -0.25) is 0 Å². The number of aromatic nitrogens is 2. The van der Waals surface area contributed by atoms with Crippen LogP contribution < -0.4 is 5.73 Å². The highest BCUT2D eigenvalue weighted by molar-refractivity contribution is 4.96. The van der Waals surface area contributed by atoms with Gasteiger partial charge in [-0.15, -0.1) is 0 Å². The lowest BCUT2D eigenvalue weighted by Crippen LogP contribution is -2.24. The molecule has 0 aliphatic heterocycles. The van der Waals surface area contributed by atoms with Gasteiger partial charge in [-0.25, -0.2) is 4.98 Å². The molecule has 0 saturated carbocycles. The van der Waals surface area contributed by atoms with Crippen LogP contribution in [0.2, 0.25) is 0 Å². The van der Waals surface area contributed by atoms with Gasteiger partial charge >= 0.3 is 6.18 Å². The Kier molecular flexibility index (Phi) is 4.95. The topological polar surface area (TPSA) is 47.1 Å². The largest absolute Gasteiger partial charge is 0.390 e. The summed E-state index contributed by atoms with van der Waals surface area (Å²) < 4.78 is 37.8. The predicted molar refractivity (Wildman–Crippen MR) is 58.3 cm³/mol. The standard InChI is InChI=1S/C10H17F3N4/c1-16(4-2-10(11,12)13)6-9-7-17(5-3-14)8-15-9/h7-8H,2-6,14H2,1H3. The molecule has 98 valence electrons.